The molecule has 0 bridgehead atoms. The first-order chi connectivity index (χ1) is 11.4. The number of hydrogen-bond acceptors (Lipinski definition) is 0. The van der Waals surface area contributed by atoms with Gasteiger partial charge in [0.05, 0.1) is 0 Å². The van der Waals surface area contributed by atoms with Crippen molar-refractivity contribution in [3.05, 3.63) is 89.5 Å². The first-order valence-electron chi connectivity index (χ1n) is 8.02. The van der Waals surface area contributed by atoms with Gasteiger partial charge >= 0.3 is 28.4 Å². The fourth-order valence-electron chi connectivity index (χ4n) is 2.87. The summed E-state index contributed by atoms with van der Waals surface area (Å²) in [6, 6.07) is 26.6. The van der Waals surface area contributed by atoms with E-state index in [2.05, 4.69) is 77.9 Å². The molecule has 3 heteroatoms. The van der Waals surface area contributed by atoms with E-state index in [0.717, 1.165) is 6.42 Å². The standard InChI is InChI=1S/C13H9.C8H11.CH2.2ClH.Zr/c1-3-7-12-10(5-1)9-11-6-2-4-8-13(11)12;1-2-5-8-6-3-4-7-8;;;;/h1-5,7-8H,9H2;3-4,6-7H,2,5H2,1H3;1H2;2*1H;/q2*-1;;;;+2/p-2. The van der Waals surface area contributed by atoms with Gasteiger partial charge in [0, 0.05) is 0 Å². The van der Waals surface area contributed by atoms with Gasteiger partial charge in [0.25, 0.3) is 0 Å². The van der Waals surface area contributed by atoms with Gasteiger partial charge in [0.15, 0.2) is 0 Å². The van der Waals surface area contributed by atoms with E-state index >= 15 is 0 Å². The molecular weight excluding hydrogens is 426 g/mol. The first kappa shape index (κ1) is 24.1. The first-order valence-corrected chi connectivity index (χ1v) is 9.76. The molecule has 130 valence electrons. The Bertz CT molecular complexity index is 677. The van der Waals surface area contributed by atoms with Crippen molar-refractivity contribution in [3.63, 3.8) is 0 Å². The van der Waals surface area contributed by atoms with E-state index in [1.165, 1.54) is 64.9 Å². The fourth-order valence-corrected chi connectivity index (χ4v) is 2.87. The molecular formula is C22H22Cl2Zr-2. The van der Waals surface area contributed by atoms with Crippen molar-refractivity contribution < 1.29 is 49.0 Å². The molecule has 0 unspecified atom stereocenters. The van der Waals surface area contributed by atoms with E-state index in [1.807, 2.05) is 6.07 Å². The van der Waals surface area contributed by atoms with E-state index in [4.69, 9.17) is 0 Å². The van der Waals surface area contributed by atoms with Crippen LogP contribution in [-0.2, 0) is 37.1 Å². The van der Waals surface area contributed by atoms with Crippen LogP contribution in [-0.4, -0.2) is 4.21 Å². The van der Waals surface area contributed by atoms with Gasteiger partial charge in [-0.25, -0.2) is 6.07 Å². The molecule has 0 saturated carbocycles. The predicted molar refractivity (Wildman–Crippen MR) is 96.7 cm³/mol. The van der Waals surface area contributed by atoms with Crippen molar-refractivity contribution in [1.29, 1.82) is 0 Å². The summed E-state index contributed by atoms with van der Waals surface area (Å²) in [6.45, 7) is 2.20. The number of rotatable bonds is 2. The summed E-state index contributed by atoms with van der Waals surface area (Å²) < 4.78 is 3.34. The zero-order valence-corrected chi connectivity index (χ0v) is 18.4. The number of hydrogen-bond donors (Lipinski definition) is 0. The Hall–Kier alpha value is -0.877. The molecule has 1 aliphatic carbocycles. The molecule has 0 fully saturated rings. The topological polar surface area (TPSA) is 0 Å². The van der Waals surface area contributed by atoms with Gasteiger partial charge in [-0.1, -0.05) is 55.2 Å². The molecule has 3 aromatic carbocycles. The summed E-state index contributed by atoms with van der Waals surface area (Å²) in [6.07, 6.45) is 3.53. The van der Waals surface area contributed by atoms with Crippen molar-refractivity contribution in [1.82, 2.24) is 0 Å². The molecule has 3 aromatic rings. The van der Waals surface area contributed by atoms with Gasteiger partial charge in [0.2, 0.25) is 0 Å². The zero-order valence-electron chi connectivity index (χ0n) is 14.4. The third-order valence-electron chi connectivity index (χ3n) is 3.89. The van der Waals surface area contributed by atoms with Gasteiger partial charge < -0.3 is 24.8 Å². The van der Waals surface area contributed by atoms with Gasteiger partial charge in [-0.2, -0.15) is 53.6 Å². The predicted octanol–water partition coefficient (Wildman–Crippen LogP) is -0.611. The van der Waals surface area contributed by atoms with E-state index in [0.29, 0.717) is 0 Å². The van der Waals surface area contributed by atoms with Gasteiger partial charge in [-0.05, 0) is 6.42 Å². The summed E-state index contributed by atoms with van der Waals surface area (Å²) >= 11 is 1.30. The molecule has 0 radical (unpaired) electrons. The SMILES string of the molecule is CCCc1cc[cH-]c1.[CH2]=[Zr+2].[Cl-].[Cl-].[c-]1cccc2c1Cc1ccccc1-2. The Balaban J connectivity index is 0.000000423. The fraction of sp³-hybridized carbons (Fsp3) is 0.182. The second-order valence-corrected chi connectivity index (χ2v) is 5.44. The molecule has 0 heterocycles. The molecule has 4 rings (SSSR count). The minimum Gasteiger partial charge on any atom is -1.00 e. The summed E-state index contributed by atoms with van der Waals surface area (Å²) in [4.78, 5) is 0. The van der Waals surface area contributed by atoms with Gasteiger partial charge in [-0.15, -0.1) is 5.56 Å². The van der Waals surface area contributed by atoms with E-state index in [9.17, 15) is 0 Å². The van der Waals surface area contributed by atoms with Crippen molar-refractivity contribution in [2.45, 2.75) is 26.2 Å². The Kier molecular flexibility index (Phi) is 12.9. The number of aryl methyl sites for hydroxylation is 1. The van der Waals surface area contributed by atoms with Crippen LogP contribution < -0.4 is 24.8 Å². The number of halogens is 2. The average Bonchev–Trinajstić information content (AvgIpc) is 3.25. The summed E-state index contributed by atoms with van der Waals surface area (Å²) in [5.74, 6) is 0. The molecule has 0 nitrogen and oxygen atoms in total. The van der Waals surface area contributed by atoms with Crippen molar-refractivity contribution in [2.24, 2.45) is 0 Å². The molecule has 0 spiro atoms. The molecule has 25 heavy (non-hydrogen) atoms. The Morgan fingerprint density at radius 3 is 2.44 bits per heavy atom. The molecule has 0 atom stereocenters. The minimum atomic E-state index is 0. The van der Waals surface area contributed by atoms with Crippen molar-refractivity contribution in [3.8, 4) is 11.1 Å². The number of benzene rings is 2. The Morgan fingerprint density at radius 1 is 1.04 bits per heavy atom. The van der Waals surface area contributed by atoms with Crippen LogP contribution in [0, 0.1) is 6.07 Å². The van der Waals surface area contributed by atoms with Crippen LogP contribution in [0.15, 0.2) is 66.7 Å². The molecule has 0 aromatic heterocycles. The van der Waals surface area contributed by atoms with Crippen LogP contribution in [0.25, 0.3) is 11.1 Å². The maximum atomic E-state index is 3.34. The van der Waals surface area contributed by atoms with Crippen molar-refractivity contribution in [2.75, 3.05) is 0 Å². The third kappa shape index (κ3) is 6.74. The van der Waals surface area contributed by atoms with Crippen LogP contribution in [0.1, 0.15) is 30.0 Å². The van der Waals surface area contributed by atoms with Crippen molar-refractivity contribution >= 4 is 4.21 Å². The summed E-state index contributed by atoms with van der Waals surface area (Å²) in [5, 5.41) is 0. The second-order valence-electron chi connectivity index (χ2n) is 5.44. The third-order valence-corrected chi connectivity index (χ3v) is 3.89. The van der Waals surface area contributed by atoms with Gasteiger partial charge in [-0.3, -0.25) is 0 Å². The normalized spacial score (nSPS) is 9.72. The molecule has 0 N–H and O–H groups in total. The molecule has 0 saturated heterocycles. The van der Waals surface area contributed by atoms with E-state index in [-0.39, 0.29) is 24.8 Å². The maximum absolute atomic E-state index is 3.34. The summed E-state index contributed by atoms with van der Waals surface area (Å²) in [5.41, 5.74) is 6.98. The Labute approximate surface area is 179 Å². The van der Waals surface area contributed by atoms with Crippen LogP contribution in [0.2, 0.25) is 0 Å². The minimum absolute atomic E-state index is 0. The largest absolute Gasteiger partial charge is 1.00 e. The zero-order chi connectivity index (χ0) is 16.5. The molecule has 1 aliphatic rings. The van der Waals surface area contributed by atoms with Crippen LogP contribution in [0.4, 0.5) is 0 Å². The molecule has 0 aliphatic heterocycles. The van der Waals surface area contributed by atoms with Gasteiger partial charge in [0.1, 0.15) is 0 Å². The van der Waals surface area contributed by atoms with E-state index < -0.39 is 0 Å². The number of fused-ring (bicyclic) bond motifs is 3. The Morgan fingerprint density at radius 2 is 1.76 bits per heavy atom. The average molecular weight is 449 g/mol. The molecule has 0 amide bonds. The van der Waals surface area contributed by atoms with Crippen LogP contribution >= 0.6 is 0 Å². The quantitative estimate of drug-likeness (QED) is 0.359. The second kappa shape index (κ2) is 13.3. The smallest absolute Gasteiger partial charge is 0.0253 e. The maximum Gasteiger partial charge on any atom is -0.0253 e. The van der Waals surface area contributed by atoms with E-state index in [1.54, 1.807) is 0 Å². The van der Waals surface area contributed by atoms with Crippen LogP contribution in [0.3, 0.4) is 0 Å². The monoisotopic (exact) mass is 446 g/mol. The van der Waals surface area contributed by atoms with Crippen LogP contribution in [0.5, 0.6) is 0 Å². The summed E-state index contributed by atoms with van der Waals surface area (Å²) in [7, 11) is 0.